The molecular weight excluding hydrogens is 302 g/mol. The molecule has 0 aliphatic heterocycles. The van der Waals surface area contributed by atoms with Gasteiger partial charge in [-0.15, -0.1) is 0 Å². The first-order chi connectivity index (χ1) is 11.4. The number of nitrogens with one attached hydrogen (secondary N) is 1. The van der Waals surface area contributed by atoms with Gasteiger partial charge in [-0.25, -0.2) is 0 Å². The molecule has 2 aromatic rings. The summed E-state index contributed by atoms with van der Waals surface area (Å²) in [7, 11) is 0. The molecule has 0 spiro atoms. The third-order valence-corrected chi connectivity index (χ3v) is 3.85. The van der Waals surface area contributed by atoms with E-state index in [4.69, 9.17) is 4.74 Å². The van der Waals surface area contributed by atoms with Crippen LogP contribution >= 0.6 is 0 Å². The molecule has 2 rings (SSSR count). The summed E-state index contributed by atoms with van der Waals surface area (Å²) >= 11 is 0. The highest BCUT2D eigenvalue weighted by atomic mass is 16.5. The van der Waals surface area contributed by atoms with E-state index in [1.54, 1.807) is 6.92 Å². The monoisotopic (exact) mass is 327 g/mol. The summed E-state index contributed by atoms with van der Waals surface area (Å²) in [4.78, 5) is 11.9. The summed E-state index contributed by atoms with van der Waals surface area (Å²) in [6, 6.07) is 17.5. The van der Waals surface area contributed by atoms with Crippen molar-refractivity contribution in [1.29, 1.82) is 0 Å². The number of aryl methyl sites for hydroxylation is 2. The van der Waals surface area contributed by atoms with Crippen molar-refractivity contribution >= 4 is 5.91 Å². The Balaban J connectivity index is 1.70. The summed E-state index contributed by atoms with van der Waals surface area (Å²) < 4.78 is 5.42. The summed E-state index contributed by atoms with van der Waals surface area (Å²) in [6.07, 6.45) is 1.35. The molecular formula is C20H25NO3. The van der Waals surface area contributed by atoms with Crippen LogP contribution in [-0.2, 0) is 11.2 Å². The SMILES string of the molecule is Cc1ccc(OCC(=O)NCC(C)(O)CCc2ccccc2)cc1. The van der Waals surface area contributed by atoms with Gasteiger partial charge in [-0.1, -0.05) is 48.0 Å². The van der Waals surface area contributed by atoms with E-state index in [9.17, 15) is 9.90 Å². The molecule has 0 fully saturated rings. The Morgan fingerprint density at radius 2 is 1.79 bits per heavy atom. The topological polar surface area (TPSA) is 58.6 Å². The van der Waals surface area contributed by atoms with Crippen LogP contribution in [0, 0.1) is 6.92 Å². The van der Waals surface area contributed by atoms with Crippen LogP contribution in [-0.4, -0.2) is 29.8 Å². The minimum atomic E-state index is -0.949. The van der Waals surface area contributed by atoms with Crippen LogP contribution in [0.5, 0.6) is 5.75 Å². The Bertz CT molecular complexity index is 636. The van der Waals surface area contributed by atoms with Crippen molar-refractivity contribution in [2.75, 3.05) is 13.2 Å². The average Bonchev–Trinajstić information content (AvgIpc) is 2.59. The van der Waals surface area contributed by atoms with E-state index in [-0.39, 0.29) is 19.1 Å². The lowest BCUT2D eigenvalue weighted by Crippen LogP contribution is -2.42. The lowest BCUT2D eigenvalue weighted by Gasteiger charge is -2.23. The Morgan fingerprint density at radius 3 is 2.46 bits per heavy atom. The first-order valence-electron chi connectivity index (χ1n) is 8.17. The number of ether oxygens (including phenoxy) is 1. The van der Waals surface area contributed by atoms with E-state index in [1.165, 1.54) is 5.56 Å². The highest BCUT2D eigenvalue weighted by molar-refractivity contribution is 5.77. The quantitative estimate of drug-likeness (QED) is 0.784. The molecule has 0 aliphatic rings. The van der Waals surface area contributed by atoms with E-state index in [0.717, 1.165) is 12.0 Å². The van der Waals surface area contributed by atoms with Crippen LogP contribution < -0.4 is 10.1 Å². The fourth-order valence-electron chi connectivity index (χ4n) is 2.27. The van der Waals surface area contributed by atoms with Crippen molar-refractivity contribution in [2.45, 2.75) is 32.3 Å². The number of hydrogen-bond acceptors (Lipinski definition) is 3. The highest BCUT2D eigenvalue weighted by Crippen LogP contribution is 2.14. The maximum Gasteiger partial charge on any atom is 0.258 e. The van der Waals surface area contributed by atoms with E-state index >= 15 is 0 Å². The van der Waals surface area contributed by atoms with Crippen molar-refractivity contribution in [3.8, 4) is 5.75 Å². The zero-order valence-electron chi connectivity index (χ0n) is 14.3. The van der Waals surface area contributed by atoms with Gasteiger partial charge in [0.2, 0.25) is 0 Å². The third kappa shape index (κ3) is 6.42. The maximum absolute atomic E-state index is 11.9. The van der Waals surface area contributed by atoms with E-state index < -0.39 is 5.60 Å². The standard InChI is InChI=1S/C20H25NO3/c1-16-8-10-18(11-9-16)24-14-19(22)21-15-20(2,23)13-12-17-6-4-3-5-7-17/h3-11,23H,12-15H2,1-2H3,(H,21,22). The van der Waals surface area contributed by atoms with Gasteiger partial charge in [0.05, 0.1) is 5.60 Å². The number of rotatable bonds is 8. The zero-order chi connectivity index (χ0) is 17.4. The maximum atomic E-state index is 11.9. The minimum absolute atomic E-state index is 0.0577. The summed E-state index contributed by atoms with van der Waals surface area (Å²) in [5.74, 6) is 0.419. The first kappa shape index (κ1) is 18.0. The van der Waals surface area contributed by atoms with Crippen LogP contribution in [0.3, 0.4) is 0 Å². The molecule has 1 unspecified atom stereocenters. The molecule has 1 atom stereocenters. The summed E-state index contributed by atoms with van der Waals surface area (Å²) in [6.45, 7) is 3.87. The average molecular weight is 327 g/mol. The van der Waals surface area contributed by atoms with Crippen molar-refractivity contribution in [3.63, 3.8) is 0 Å². The summed E-state index contributed by atoms with van der Waals surface area (Å²) in [5.41, 5.74) is 1.36. The fraction of sp³-hybridized carbons (Fsp3) is 0.350. The predicted octanol–water partition coefficient (Wildman–Crippen LogP) is 2.87. The van der Waals surface area contributed by atoms with Gasteiger partial charge in [0.1, 0.15) is 5.75 Å². The first-order valence-corrected chi connectivity index (χ1v) is 8.17. The van der Waals surface area contributed by atoms with E-state index in [1.807, 2.05) is 61.5 Å². The van der Waals surface area contributed by atoms with Crippen LogP contribution in [0.15, 0.2) is 54.6 Å². The van der Waals surface area contributed by atoms with Gasteiger partial charge in [0, 0.05) is 6.54 Å². The highest BCUT2D eigenvalue weighted by Gasteiger charge is 2.21. The van der Waals surface area contributed by atoms with Crippen LogP contribution in [0.2, 0.25) is 0 Å². The van der Waals surface area contributed by atoms with Crippen molar-refractivity contribution < 1.29 is 14.6 Å². The lowest BCUT2D eigenvalue weighted by molar-refractivity contribution is -0.124. The molecule has 0 heterocycles. The molecule has 2 N–H and O–H groups in total. The molecule has 0 saturated heterocycles. The normalized spacial score (nSPS) is 13.1. The van der Waals surface area contributed by atoms with Crippen molar-refractivity contribution in [3.05, 3.63) is 65.7 Å². The minimum Gasteiger partial charge on any atom is -0.484 e. The Kier molecular flexibility index (Phi) is 6.38. The smallest absolute Gasteiger partial charge is 0.258 e. The van der Waals surface area contributed by atoms with Gasteiger partial charge in [0.25, 0.3) is 5.91 Å². The van der Waals surface area contributed by atoms with E-state index in [0.29, 0.717) is 12.2 Å². The van der Waals surface area contributed by atoms with Gasteiger partial charge < -0.3 is 15.2 Å². The van der Waals surface area contributed by atoms with Gasteiger partial charge in [-0.05, 0) is 44.4 Å². The molecule has 0 aliphatic carbocycles. The van der Waals surface area contributed by atoms with Crippen LogP contribution in [0.4, 0.5) is 0 Å². The van der Waals surface area contributed by atoms with Crippen LogP contribution in [0.1, 0.15) is 24.5 Å². The second-order valence-corrected chi connectivity index (χ2v) is 6.36. The second kappa shape index (κ2) is 8.50. The molecule has 0 saturated carbocycles. The Hall–Kier alpha value is -2.33. The Morgan fingerprint density at radius 1 is 1.12 bits per heavy atom. The number of carbonyl (C=O) groups is 1. The van der Waals surface area contributed by atoms with Gasteiger partial charge in [-0.2, -0.15) is 0 Å². The van der Waals surface area contributed by atoms with Gasteiger partial charge in [0.15, 0.2) is 6.61 Å². The van der Waals surface area contributed by atoms with Crippen molar-refractivity contribution in [2.24, 2.45) is 0 Å². The predicted molar refractivity (Wildman–Crippen MR) is 95.1 cm³/mol. The molecule has 0 bridgehead atoms. The third-order valence-electron chi connectivity index (χ3n) is 3.85. The van der Waals surface area contributed by atoms with Gasteiger partial charge >= 0.3 is 0 Å². The molecule has 24 heavy (non-hydrogen) atoms. The zero-order valence-corrected chi connectivity index (χ0v) is 14.3. The van der Waals surface area contributed by atoms with E-state index in [2.05, 4.69) is 5.32 Å². The number of hydrogen-bond donors (Lipinski definition) is 2. The number of carbonyl (C=O) groups excluding carboxylic acids is 1. The van der Waals surface area contributed by atoms with Crippen molar-refractivity contribution in [1.82, 2.24) is 5.32 Å². The molecule has 128 valence electrons. The lowest BCUT2D eigenvalue weighted by atomic mass is 9.97. The summed E-state index contributed by atoms with van der Waals surface area (Å²) in [5, 5.41) is 13.1. The molecule has 1 amide bonds. The van der Waals surface area contributed by atoms with Gasteiger partial charge in [-0.3, -0.25) is 4.79 Å². The number of amides is 1. The fourth-order valence-corrected chi connectivity index (χ4v) is 2.27. The molecule has 0 aromatic heterocycles. The second-order valence-electron chi connectivity index (χ2n) is 6.36. The molecule has 4 nitrogen and oxygen atoms in total. The number of aliphatic hydroxyl groups is 1. The largest absolute Gasteiger partial charge is 0.484 e. The Labute approximate surface area is 143 Å². The van der Waals surface area contributed by atoms with Crippen LogP contribution in [0.25, 0.3) is 0 Å². The molecule has 4 heteroatoms. The number of benzene rings is 2. The molecule has 0 radical (unpaired) electrons. The molecule has 2 aromatic carbocycles.